The van der Waals surface area contributed by atoms with Gasteiger partial charge in [-0.25, -0.2) is 0 Å². The van der Waals surface area contributed by atoms with Crippen LogP contribution < -0.4 is 0 Å². The summed E-state index contributed by atoms with van der Waals surface area (Å²) in [6.45, 7) is 2.14. The zero-order valence-electron chi connectivity index (χ0n) is 12.0. The van der Waals surface area contributed by atoms with E-state index in [-0.39, 0.29) is 0 Å². The third-order valence-corrected chi connectivity index (χ3v) is 4.52. The van der Waals surface area contributed by atoms with E-state index in [1.165, 1.54) is 4.90 Å². The highest BCUT2D eigenvalue weighted by Gasteiger charge is 2.13. The maximum Gasteiger partial charge on any atom is 0.105 e. The number of fused-ring (bicyclic) bond motifs is 1. The van der Waals surface area contributed by atoms with Gasteiger partial charge in [-0.3, -0.25) is 0 Å². The third-order valence-electron chi connectivity index (χ3n) is 3.62. The lowest BCUT2D eigenvalue weighted by molar-refractivity contribution is 0.222. The first-order valence-corrected chi connectivity index (χ1v) is 8.16. The molecule has 0 heterocycles. The molecule has 1 N–H and O–H groups in total. The Labute approximate surface area is 129 Å². The molecule has 0 aliphatic rings. The van der Waals surface area contributed by atoms with Crippen LogP contribution in [-0.2, 0) is 0 Å². The molecule has 0 spiro atoms. The number of aliphatic hydroxyl groups is 1. The molecule has 0 bridgehead atoms. The van der Waals surface area contributed by atoms with Crippen LogP contribution in [0.4, 0.5) is 0 Å². The summed E-state index contributed by atoms with van der Waals surface area (Å²) in [7, 11) is 0. The molecule has 0 aliphatic heterocycles. The van der Waals surface area contributed by atoms with Crippen LogP contribution in [0.5, 0.6) is 0 Å². The number of thioether (sulfide) groups is 1. The fourth-order valence-electron chi connectivity index (χ4n) is 2.58. The molecule has 3 aromatic carbocycles. The average molecular weight is 294 g/mol. The van der Waals surface area contributed by atoms with Crippen LogP contribution in [0.25, 0.3) is 10.8 Å². The van der Waals surface area contributed by atoms with Gasteiger partial charge in [-0.2, -0.15) is 0 Å². The van der Waals surface area contributed by atoms with Crippen molar-refractivity contribution in [1.82, 2.24) is 0 Å². The second-order valence-corrected chi connectivity index (χ2v) is 6.31. The van der Waals surface area contributed by atoms with E-state index in [4.69, 9.17) is 0 Å². The van der Waals surface area contributed by atoms with Gasteiger partial charge in [-0.1, -0.05) is 61.5 Å². The summed E-state index contributed by atoms with van der Waals surface area (Å²) < 4.78 is 0. The predicted octanol–water partition coefficient (Wildman–Crippen LogP) is 5.03. The molecular formula is C19H18OS. The Balaban J connectivity index is 1.98. The number of hydrogen-bond acceptors (Lipinski definition) is 2. The number of benzene rings is 3. The Morgan fingerprint density at radius 3 is 2.38 bits per heavy atom. The van der Waals surface area contributed by atoms with Gasteiger partial charge >= 0.3 is 0 Å². The highest BCUT2D eigenvalue weighted by atomic mass is 32.2. The molecule has 106 valence electrons. The number of aliphatic hydroxyl groups excluding tert-OH is 1. The van der Waals surface area contributed by atoms with E-state index in [9.17, 15) is 5.11 Å². The first kappa shape index (κ1) is 14.2. The monoisotopic (exact) mass is 294 g/mol. The van der Waals surface area contributed by atoms with E-state index >= 15 is 0 Å². The highest BCUT2D eigenvalue weighted by Crippen LogP contribution is 2.30. The summed E-state index contributed by atoms with van der Waals surface area (Å²) in [5.74, 6) is 1.06. The van der Waals surface area contributed by atoms with Crippen molar-refractivity contribution in [2.45, 2.75) is 17.9 Å². The molecule has 0 aromatic heterocycles. The van der Waals surface area contributed by atoms with Crippen LogP contribution in [0.15, 0.2) is 71.6 Å². The molecule has 0 saturated heterocycles. The molecule has 1 atom stereocenters. The van der Waals surface area contributed by atoms with Gasteiger partial charge in [0, 0.05) is 4.90 Å². The average Bonchev–Trinajstić information content (AvgIpc) is 2.55. The van der Waals surface area contributed by atoms with Crippen LogP contribution in [0.1, 0.15) is 24.2 Å². The molecule has 0 radical (unpaired) electrons. The Bertz CT molecular complexity index is 729. The van der Waals surface area contributed by atoms with Gasteiger partial charge < -0.3 is 5.11 Å². The van der Waals surface area contributed by atoms with Crippen LogP contribution in [0, 0.1) is 0 Å². The van der Waals surface area contributed by atoms with E-state index in [1.807, 2.05) is 48.2 Å². The Morgan fingerprint density at radius 2 is 1.62 bits per heavy atom. The maximum absolute atomic E-state index is 10.7. The first-order valence-electron chi connectivity index (χ1n) is 7.18. The molecule has 0 fully saturated rings. The topological polar surface area (TPSA) is 20.2 Å². The third kappa shape index (κ3) is 2.97. The summed E-state index contributed by atoms with van der Waals surface area (Å²) in [5, 5.41) is 13.0. The van der Waals surface area contributed by atoms with Crippen molar-refractivity contribution in [3.05, 3.63) is 77.9 Å². The molecule has 0 aliphatic carbocycles. The number of rotatable bonds is 4. The minimum absolute atomic E-state index is 0.586. The van der Waals surface area contributed by atoms with Crippen LogP contribution >= 0.6 is 11.8 Å². The zero-order chi connectivity index (χ0) is 14.7. The van der Waals surface area contributed by atoms with Crippen molar-refractivity contribution in [3.63, 3.8) is 0 Å². The van der Waals surface area contributed by atoms with Gasteiger partial charge in [0.05, 0.1) is 0 Å². The second kappa shape index (κ2) is 6.33. The standard InChI is InChI=1S/C19H18OS/c1-2-21-16-12-10-15(11-13-16)19(20)18-9-5-7-14-6-3-4-8-17(14)18/h3-13,19-20H,2H2,1H3. The van der Waals surface area contributed by atoms with Crippen molar-refractivity contribution in [2.24, 2.45) is 0 Å². The van der Waals surface area contributed by atoms with Gasteiger partial charge in [-0.15, -0.1) is 11.8 Å². The molecule has 2 heteroatoms. The predicted molar refractivity (Wildman–Crippen MR) is 90.8 cm³/mol. The summed E-state index contributed by atoms with van der Waals surface area (Å²) in [6, 6.07) is 22.5. The van der Waals surface area contributed by atoms with Gasteiger partial charge in [-0.05, 0) is 39.8 Å². The summed E-state index contributed by atoms with van der Waals surface area (Å²) in [6.07, 6.45) is -0.586. The smallest absolute Gasteiger partial charge is 0.105 e. The largest absolute Gasteiger partial charge is 0.384 e. The molecule has 3 aromatic rings. The van der Waals surface area contributed by atoms with E-state index in [0.717, 1.165) is 27.7 Å². The van der Waals surface area contributed by atoms with Crippen LogP contribution in [0.2, 0.25) is 0 Å². The molecule has 0 amide bonds. The summed E-state index contributed by atoms with van der Waals surface area (Å²) in [4.78, 5) is 1.24. The van der Waals surface area contributed by atoms with Gasteiger partial charge in [0.25, 0.3) is 0 Å². The van der Waals surface area contributed by atoms with Crippen LogP contribution in [0.3, 0.4) is 0 Å². The summed E-state index contributed by atoms with van der Waals surface area (Å²) in [5.41, 5.74) is 1.90. The molecule has 1 unspecified atom stereocenters. The molecule has 3 rings (SSSR count). The summed E-state index contributed by atoms with van der Waals surface area (Å²) >= 11 is 1.81. The van der Waals surface area contributed by atoms with Gasteiger partial charge in [0.2, 0.25) is 0 Å². The van der Waals surface area contributed by atoms with E-state index in [0.29, 0.717) is 0 Å². The number of hydrogen-bond donors (Lipinski definition) is 1. The lowest BCUT2D eigenvalue weighted by atomic mass is 9.96. The van der Waals surface area contributed by atoms with E-state index in [2.05, 4.69) is 37.3 Å². The lowest BCUT2D eigenvalue weighted by Gasteiger charge is -2.14. The van der Waals surface area contributed by atoms with Crippen molar-refractivity contribution in [1.29, 1.82) is 0 Å². The molecule has 21 heavy (non-hydrogen) atoms. The fourth-order valence-corrected chi connectivity index (χ4v) is 3.24. The van der Waals surface area contributed by atoms with E-state index in [1.54, 1.807) is 0 Å². The lowest BCUT2D eigenvalue weighted by Crippen LogP contribution is -2.00. The molecule has 1 nitrogen and oxygen atoms in total. The maximum atomic E-state index is 10.7. The van der Waals surface area contributed by atoms with Crippen molar-refractivity contribution in [3.8, 4) is 0 Å². The molecular weight excluding hydrogens is 276 g/mol. The second-order valence-electron chi connectivity index (χ2n) is 4.97. The van der Waals surface area contributed by atoms with Crippen molar-refractivity contribution >= 4 is 22.5 Å². The van der Waals surface area contributed by atoms with Gasteiger partial charge in [0.15, 0.2) is 0 Å². The van der Waals surface area contributed by atoms with Crippen LogP contribution in [-0.4, -0.2) is 10.9 Å². The SMILES string of the molecule is CCSc1ccc(C(O)c2cccc3ccccc23)cc1. The van der Waals surface area contributed by atoms with E-state index < -0.39 is 6.10 Å². The highest BCUT2D eigenvalue weighted by molar-refractivity contribution is 7.99. The minimum atomic E-state index is -0.586. The van der Waals surface area contributed by atoms with Gasteiger partial charge in [0.1, 0.15) is 6.10 Å². The van der Waals surface area contributed by atoms with Crippen molar-refractivity contribution in [2.75, 3.05) is 5.75 Å². The Kier molecular flexibility index (Phi) is 4.28. The van der Waals surface area contributed by atoms with Crippen molar-refractivity contribution < 1.29 is 5.11 Å². The zero-order valence-corrected chi connectivity index (χ0v) is 12.8. The Hall–Kier alpha value is -1.77. The molecule has 0 saturated carbocycles. The quantitative estimate of drug-likeness (QED) is 0.681. The first-order chi connectivity index (χ1) is 10.3. The minimum Gasteiger partial charge on any atom is -0.384 e. The normalized spacial score (nSPS) is 12.5. The Morgan fingerprint density at radius 1 is 0.905 bits per heavy atom. The fraction of sp³-hybridized carbons (Fsp3) is 0.158.